The topological polar surface area (TPSA) is 137 Å². The van der Waals surface area contributed by atoms with Gasteiger partial charge in [0.15, 0.2) is 0 Å². The molecule has 2 saturated heterocycles. The molecule has 3 N–H and O–H groups in total. The number of carbonyl (C=O) groups excluding carboxylic acids is 5. The largest absolute Gasteiger partial charge is 0.380 e. The van der Waals surface area contributed by atoms with Crippen LogP contribution < -0.4 is 16.0 Å². The molecule has 1 aromatic carbocycles. The third-order valence-corrected chi connectivity index (χ3v) is 5.98. The Morgan fingerprint density at radius 1 is 1.09 bits per heavy atom. The molecule has 3 aliphatic heterocycles. The van der Waals surface area contributed by atoms with Crippen LogP contribution in [0.25, 0.3) is 0 Å². The fourth-order valence-corrected chi connectivity index (χ4v) is 4.23. The van der Waals surface area contributed by atoms with Gasteiger partial charge in [0.05, 0.1) is 36.4 Å². The summed E-state index contributed by atoms with van der Waals surface area (Å²) in [5, 5.41) is 8.13. The van der Waals surface area contributed by atoms with Crippen molar-refractivity contribution in [3.05, 3.63) is 29.3 Å². The maximum Gasteiger partial charge on any atom is 0.264 e. The standard InChI is InChI=1S/C22H27N5O6/c28-17-5-4-16(20(30)25-17)27-21(31)14-2-1-3-15(19(14)22(27)32)24-18(29)6-12-33-13-11-26-9-7-23-8-10-26/h1-3,16,23H,4-13H2,(H,24,29)(H,25,28,30). The van der Waals surface area contributed by atoms with Crippen molar-refractivity contribution >= 4 is 35.2 Å². The summed E-state index contributed by atoms with van der Waals surface area (Å²) >= 11 is 0. The van der Waals surface area contributed by atoms with E-state index in [0.29, 0.717) is 6.61 Å². The van der Waals surface area contributed by atoms with Crippen molar-refractivity contribution in [2.24, 2.45) is 0 Å². The fraction of sp³-hybridized carbons (Fsp3) is 0.500. The Labute approximate surface area is 190 Å². The molecule has 3 heterocycles. The number of ether oxygens (including phenoxy) is 1. The van der Waals surface area contributed by atoms with E-state index >= 15 is 0 Å². The molecule has 11 heteroatoms. The summed E-state index contributed by atoms with van der Waals surface area (Å²) in [6.45, 7) is 5.46. The highest BCUT2D eigenvalue weighted by molar-refractivity contribution is 6.26. The van der Waals surface area contributed by atoms with Gasteiger partial charge in [0, 0.05) is 39.1 Å². The van der Waals surface area contributed by atoms with Gasteiger partial charge in [-0.25, -0.2) is 0 Å². The van der Waals surface area contributed by atoms with Crippen LogP contribution in [0.4, 0.5) is 5.69 Å². The molecular weight excluding hydrogens is 430 g/mol. The smallest absolute Gasteiger partial charge is 0.264 e. The second-order valence-corrected chi connectivity index (χ2v) is 8.18. The van der Waals surface area contributed by atoms with Crippen LogP contribution in [-0.4, -0.2) is 91.3 Å². The van der Waals surface area contributed by atoms with Crippen molar-refractivity contribution in [3.8, 4) is 0 Å². The molecular formula is C22H27N5O6. The first-order valence-electron chi connectivity index (χ1n) is 11.1. The number of piperazine rings is 1. The van der Waals surface area contributed by atoms with Crippen LogP contribution in [0.3, 0.4) is 0 Å². The molecule has 4 rings (SSSR count). The van der Waals surface area contributed by atoms with Crippen molar-refractivity contribution in [1.29, 1.82) is 0 Å². The summed E-state index contributed by atoms with van der Waals surface area (Å²) in [6.07, 6.45) is 0.218. The van der Waals surface area contributed by atoms with Gasteiger partial charge in [0.1, 0.15) is 6.04 Å². The molecule has 1 aromatic rings. The zero-order chi connectivity index (χ0) is 23.4. The molecule has 0 saturated carbocycles. The van der Waals surface area contributed by atoms with E-state index in [1.54, 1.807) is 12.1 Å². The Kier molecular flexibility index (Phi) is 7.11. The van der Waals surface area contributed by atoms with E-state index < -0.39 is 29.7 Å². The van der Waals surface area contributed by atoms with Crippen LogP contribution in [0.1, 0.15) is 40.0 Å². The molecule has 0 aromatic heterocycles. The monoisotopic (exact) mass is 457 g/mol. The van der Waals surface area contributed by atoms with Crippen LogP contribution in [0.5, 0.6) is 0 Å². The molecule has 0 aliphatic carbocycles. The van der Waals surface area contributed by atoms with E-state index in [2.05, 4.69) is 20.9 Å². The minimum atomic E-state index is -1.05. The van der Waals surface area contributed by atoms with Crippen molar-refractivity contribution < 1.29 is 28.7 Å². The van der Waals surface area contributed by atoms with E-state index in [0.717, 1.165) is 37.6 Å². The first-order valence-corrected chi connectivity index (χ1v) is 11.1. The van der Waals surface area contributed by atoms with Gasteiger partial charge in [-0.15, -0.1) is 0 Å². The highest BCUT2D eigenvalue weighted by atomic mass is 16.5. The number of amides is 5. The van der Waals surface area contributed by atoms with Crippen LogP contribution in [0.2, 0.25) is 0 Å². The van der Waals surface area contributed by atoms with Crippen molar-refractivity contribution in [1.82, 2.24) is 20.4 Å². The SMILES string of the molecule is O=C1CCC(N2C(=O)c3cccc(NC(=O)CCOCCN4CCNCC4)c3C2=O)C(=O)N1. The predicted octanol–water partition coefficient (Wildman–Crippen LogP) is -0.662. The maximum absolute atomic E-state index is 13.0. The van der Waals surface area contributed by atoms with E-state index in [9.17, 15) is 24.0 Å². The minimum Gasteiger partial charge on any atom is -0.380 e. The molecule has 5 amide bonds. The summed E-state index contributed by atoms with van der Waals surface area (Å²) in [4.78, 5) is 65.1. The number of anilines is 1. The number of fused-ring (bicyclic) bond motifs is 1. The summed E-state index contributed by atoms with van der Waals surface area (Å²) in [5.41, 5.74) is 0.390. The van der Waals surface area contributed by atoms with Gasteiger partial charge in [-0.2, -0.15) is 0 Å². The summed E-state index contributed by atoms with van der Waals surface area (Å²) < 4.78 is 5.57. The average molecular weight is 457 g/mol. The zero-order valence-corrected chi connectivity index (χ0v) is 18.2. The van der Waals surface area contributed by atoms with Gasteiger partial charge in [0.25, 0.3) is 11.8 Å². The predicted molar refractivity (Wildman–Crippen MR) is 116 cm³/mol. The molecule has 1 atom stereocenters. The minimum absolute atomic E-state index is 0.0437. The van der Waals surface area contributed by atoms with E-state index in [1.807, 2.05) is 0 Å². The van der Waals surface area contributed by atoms with Gasteiger partial charge in [-0.1, -0.05) is 6.07 Å². The highest BCUT2D eigenvalue weighted by Gasteiger charge is 2.45. The normalized spacial score (nSPS) is 21.2. The van der Waals surface area contributed by atoms with Gasteiger partial charge in [-0.3, -0.25) is 39.1 Å². The summed E-state index contributed by atoms with van der Waals surface area (Å²) in [6, 6.07) is 3.54. The Hall–Kier alpha value is -3.15. The molecule has 33 heavy (non-hydrogen) atoms. The van der Waals surface area contributed by atoms with Crippen LogP contribution in [0, 0.1) is 0 Å². The zero-order valence-electron chi connectivity index (χ0n) is 18.2. The highest BCUT2D eigenvalue weighted by Crippen LogP contribution is 2.32. The Balaban J connectivity index is 1.33. The summed E-state index contributed by atoms with van der Waals surface area (Å²) in [5.74, 6) is -2.73. The first-order chi connectivity index (χ1) is 16.0. The molecule has 2 fully saturated rings. The average Bonchev–Trinajstić information content (AvgIpc) is 3.05. The number of imide groups is 2. The molecule has 0 radical (unpaired) electrons. The maximum atomic E-state index is 13.0. The Morgan fingerprint density at radius 2 is 1.88 bits per heavy atom. The Morgan fingerprint density at radius 3 is 2.64 bits per heavy atom. The molecule has 0 spiro atoms. The molecule has 11 nitrogen and oxygen atoms in total. The van der Waals surface area contributed by atoms with Crippen LogP contribution in [0.15, 0.2) is 18.2 Å². The number of carbonyl (C=O) groups is 5. The van der Waals surface area contributed by atoms with Crippen molar-refractivity contribution in [2.45, 2.75) is 25.3 Å². The van der Waals surface area contributed by atoms with E-state index in [4.69, 9.17) is 4.74 Å². The lowest BCUT2D eigenvalue weighted by molar-refractivity contribution is -0.136. The lowest BCUT2D eigenvalue weighted by Gasteiger charge is -2.27. The molecule has 1 unspecified atom stereocenters. The Bertz CT molecular complexity index is 974. The van der Waals surface area contributed by atoms with Gasteiger partial charge in [0.2, 0.25) is 17.7 Å². The van der Waals surface area contributed by atoms with E-state index in [1.165, 1.54) is 6.07 Å². The third-order valence-electron chi connectivity index (χ3n) is 5.98. The fourth-order valence-electron chi connectivity index (χ4n) is 4.23. The number of benzene rings is 1. The van der Waals surface area contributed by atoms with Crippen LogP contribution in [-0.2, 0) is 19.1 Å². The molecule has 0 bridgehead atoms. The van der Waals surface area contributed by atoms with Crippen molar-refractivity contribution in [3.63, 3.8) is 0 Å². The number of hydrogen-bond donors (Lipinski definition) is 3. The molecule has 3 aliphatic rings. The lowest BCUT2D eigenvalue weighted by Crippen LogP contribution is -2.54. The lowest BCUT2D eigenvalue weighted by atomic mass is 10.0. The number of hydrogen-bond acceptors (Lipinski definition) is 8. The first kappa shape index (κ1) is 23.0. The second kappa shape index (κ2) is 10.2. The number of rotatable bonds is 8. The number of nitrogens with one attached hydrogen (secondary N) is 3. The quantitative estimate of drug-likeness (QED) is 0.346. The van der Waals surface area contributed by atoms with E-state index in [-0.39, 0.29) is 48.6 Å². The summed E-state index contributed by atoms with van der Waals surface area (Å²) in [7, 11) is 0. The third kappa shape index (κ3) is 5.10. The van der Waals surface area contributed by atoms with Gasteiger partial charge in [-0.05, 0) is 18.6 Å². The van der Waals surface area contributed by atoms with Crippen molar-refractivity contribution in [2.75, 3.05) is 51.3 Å². The molecule has 176 valence electrons. The number of piperidine rings is 1. The number of nitrogens with zero attached hydrogens (tertiary/aromatic N) is 2. The van der Waals surface area contributed by atoms with Crippen LogP contribution >= 0.6 is 0 Å². The second-order valence-electron chi connectivity index (χ2n) is 8.18. The van der Waals surface area contributed by atoms with Gasteiger partial charge < -0.3 is 15.4 Å². The van der Waals surface area contributed by atoms with Gasteiger partial charge >= 0.3 is 0 Å².